The first-order valence-corrected chi connectivity index (χ1v) is 15.9. The maximum absolute atomic E-state index is 3.73. The van der Waals surface area contributed by atoms with Crippen molar-refractivity contribution in [2.45, 2.75) is 19.8 Å². The van der Waals surface area contributed by atoms with E-state index < -0.39 is 8.41 Å². The van der Waals surface area contributed by atoms with Gasteiger partial charge in [-0.25, -0.2) is 0 Å². The fourth-order valence-electron chi connectivity index (χ4n) is 6.01. The SMILES string of the molecule is CC1=[C-]c2c(ccc3ccccc23)C1.[C-]1=C(C=[Si](c2ccccc2)c2ccccc2)Cc2ccc3ccccc3c21.[Mg+2]. The van der Waals surface area contributed by atoms with Gasteiger partial charge in [0.15, 0.2) is 0 Å². The van der Waals surface area contributed by atoms with Gasteiger partial charge in [0.1, 0.15) is 0 Å². The van der Waals surface area contributed by atoms with Crippen LogP contribution in [0.3, 0.4) is 0 Å². The van der Waals surface area contributed by atoms with Gasteiger partial charge in [0.05, 0.1) is 0 Å². The Bertz CT molecular complexity index is 1940. The second kappa shape index (κ2) is 12.6. The van der Waals surface area contributed by atoms with Crippen LogP contribution in [-0.2, 0) is 12.8 Å². The fourth-order valence-corrected chi connectivity index (χ4v) is 8.30. The van der Waals surface area contributed by atoms with Crippen LogP contribution in [0.15, 0.2) is 145 Å². The average molecular weight is 563 g/mol. The Labute approximate surface area is 266 Å². The number of hydrogen-bond acceptors (Lipinski definition) is 0. The van der Waals surface area contributed by atoms with Crippen molar-refractivity contribution in [1.29, 1.82) is 0 Å². The van der Waals surface area contributed by atoms with Crippen LogP contribution in [0.25, 0.3) is 21.5 Å². The largest absolute Gasteiger partial charge is 2.00 e. The molecule has 0 bridgehead atoms. The molecule has 0 heterocycles. The molecule has 0 fully saturated rings. The summed E-state index contributed by atoms with van der Waals surface area (Å²) in [5.74, 6) is 0. The third kappa shape index (κ3) is 5.76. The maximum atomic E-state index is 3.73. The van der Waals surface area contributed by atoms with Gasteiger partial charge in [-0.05, 0) is 10.4 Å². The zero-order valence-electron chi connectivity index (χ0n) is 23.9. The van der Waals surface area contributed by atoms with Crippen molar-refractivity contribution < 1.29 is 0 Å². The molecule has 0 unspecified atom stereocenters. The molecular formula is C40H30MgSi. The number of benzene rings is 6. The predicted octanol–water partition coefficient (Wildman–Crippen LogP) is 7.28. The first-order valence-electron chi connectivity index (χ1n) is 14.3. The van der Waals surface area contributed by atoms with Gasteiger partial charge in [0.2, 0.25) is 0 Å². The zero-order valence-corrected chi connectivity index (χ0v) is 26.3. The molecular weight excluding hydrogens is 533 g/mol. The van der Waals surface area contributed by atoms with E-state index in [-0.39, 0.29) is 23.1 Å². The van der Waals surface area contributed by atoms with E-state index >= 15 is 0 Å². The van der Waals surface area contributed by atoms with Crippen LogP contribution in [0.4, 0.5) is 0 Å². The third-order valence-electron chi connectivity index (χ3n) is 7.98. The van der Waals surface area contributed by atoms with Gasteiger partial charge >= 0.3 is 23.1 Å². The minimum atomic E-state index is -0.977. The topological polar surface area (TPSA) is 0 Å². The summed E-state index contributed by atoms with van der Waals surface area (Å²) in [5, 5.41) is 8.09. The van der Waals surface area contributed by atoms with Gasteiger partial charge in [-0.3, -0.25) is 0 Å². The summed E-state index contributed by atoms with van der Waals surface area (Å²) in [6.45, 7) is 2.15. The Morgan fingerprint density at radius 3 is 1.57 bits per heavy atom. The summed E-state index contributed by atoms with van der Waals surface area (Å²) in [5.41, 5.74) is 10.6. The quantitative estimate of drug-likeness (QED) is 0.157. The molecule has 196 valence electrons. The Hall–Kier alpha value is -3.83. The van der Waals surface area contributed by atoms with Crippen molar-refractivity contribution in [2.75, 3.05) is 0 Å². The van der Waals surface area contributed by atoms with Crippen molar-refractivity contribution in [2.24, 2.45) is 0 Å². The van der Waals surface area contributed by atoms with Crippen LogP contribution in [0.2, 0.25) is 0 Å². The molecule has 2 heteroatoms. The van der Waals surface area contributed by atoms with E-state index in [9.17, 15) is 0 Å². The van der Waals surface area contributed by atoms with Crippen LogP contribution in [0.1, 0.15) is 29.2 Å². The van der Waals surface area contributed by atoms with Gasteiger partial charge in [0, 0.05) is 8.41 Å². The molecule has 0 saturated carbocycles. The zero-order chi connectivity index (χ0) is 27.6. The Balaban J connectivity index is 0.000000177. The molecule has 6 aromatic carbocycles. The first-order chi connectivity index (χ1) is 20.2. The molecule has 0 aliphatic heterocycles. The van der Waals surface area contributed by atoms with Crippen LogP contribution in [0, 0.1) is 12.2 Å². The van der Waals surface area contributed by atoms with Crippen molar-refractivity contribution >= 4 is 69.1 Å². The summed E-state index contributed by atoms with van der Waals surface area (Å²) in [7, 11) is -0.977. The molecule has 0 amide bonds. The van der Waals surface area contributed by atoms with Crippen LogP contribution < -0.4 is 10.4 Å². The summed E-state index contributed by atoms with van der Waals surface area (Å²) in [4.78, 5) is 0. The molecule has 0 spiro atoms. The molecule has 0 nitrogen and oxygen atoms in total. The molecule has 0 atom stereocenters. The summed E-state index contributed by atoms with van der Waals surface area (Å²) in [6.07, 6.45) is 9.24. The monoisotopic (exact) mass is 562 g/mol. The second-order valence-corrected chi connectivity index (χ2v) is 13.1. The number of hydrogen-bond donors (Lipinski definition) is 0. The van der Waals surface area contributed by atoms with Crippen LogP contribution in [-0.4, -0.2) is 37.1 Å². The van der Waals surface area contributed by atoms with E-state index in [4.69, 9.17) is 0 Å². The van der Waals surface area contributed by atoms with E-state index in [0.717, 1.165) is 12.8 Å². The molecule has 0 saturated heterocycles. The van der Waals surface area contributed by atoms with Gasteiger partial charge in [-0.1, -0.05) is 151 Å². The molecule has 8 rings (SSSR count). The smallest absolute Gasteiger partial charge is 0.182 e. The predicted molar refractivity (Wildman–Crippen MR) is 182 cm³/mol. The van der Waals surface area contributed by atoms with Crippen LogP contribution in [0.5, 0.6) is 0 Å². The Morgan fingerprint density at radius 1 is 0.524 bits per heavy atom. The van der Waals surface area contributed by atoms with Crippen LogP contribution >= 0.6 is 0 Å². The number of allylic oxidation sites excluding steroid dienone is 2. The molecule has 2 aliphatic carbocycles. The minimum absolute atomic E-state index is 0. The molecule has 42 heavy (non-hydrogen) atoms. The van der Waals surface area contributed by atoms with Crippen molar-refractivity contribution in [3.8, 4) is 0 Å². The maximum Gasteiger partial charge on any atom is 2.00 e. The van der Waals surface area contributed by atoms with Crippen molar-refractivity contribution in [3.05, 3.63) is 179 Å². The summed E-state index contributed by atoms with van der Waals surface area (Å²) >= 11 is 0. The molecule has 2 aliphatic rings. The molecule has 6 aromatic rings. The summed E-state index contributed by atoms with van der Waals surface area (Å²) < 4.78 is 0. The average Bonchev–Trinajstić information content (AvgIpc) is 3.64. The van der Waals surface area contributed by atoms with E-state index in [1.54, 1.807) is 0 Å². The third-order valence-corrected chi connectivity index (χ3v) is 10.5. The Kier molecular flexibility index (Phi) is 8.48. The Morgan fingerprint density at radius 2 is 1.00 bits per heavy atom. The number of rotatable bonds is 3. The normalized spacial score (nSPS) is 12.8. The first kappa shape index (κ1) is 28.3. The van der Waals surface area contributed by atoms with Gasteiger partial charge in [-0.15, -0.1) is 63.2 Å². The second-order valence-electron chi connectivity index (χ2n) is 10.8. The molecule has 0 N–H and O–H groups in total. The van der Waals surface area contributed by atoms with E-state index in [1.165, 1.54) is 65.3 Å². The van der Waals surface area contributed by atoms with E-state index in [2.05, 4.69) is 158 Å². The van der Waals surface area contributed by atoms with E-state index in [0.29, 0.717) is 0 Å². The summed E-state index contributed by atoms with van der Waals surface area (Å²) in [6, 6.07) is 47.9. The van der Waals surface area contributed by atoms with Gasteiger partial charge < -0.3 is 0 Å². The van der Waals surface area contributed by atoms with Crippen molar-refractivity contribution in [1.82, 2.24) is 0 Å². The fraction of sp³-hybridized carbons (Fsp3) is 0.0750. The number of fused-ring (bicyclic) bond motifs is 6. The standard InChI is InChI=1S/C26H19Si.C14H11.Mg/c1-3-10-23(11-4-1)27(24-12-5-2-6-13-24)19-20-17-22-16-15-21-9-7-8-14-25(21)26(22)18-20;1-10-8-12-7-6-11-4-2-3-5-13(11)14(12)9-10;/h1-16,19H,17H2;2-7H,8H2,1H3;/q2*-1;+2. The molecule has 0 aromatic heterocycles. The van der Waals surface area contributed by atoms with Gasteiger partial charge in [-0.2, -0.15) is 11.6 Å². The minimum Gasteiger partial charge on any atom is -0.182 e. The molecule has 0 radical (unpaired) electrons. The van der Waals surface area contributed by atoms with Crippen molar-refractivity contribution in [3.63, 3.8) is 0 Å². The van der Waals surface area contributed by atoms with Gasteiger partial charge in [0.25, 0.3) is 0 Å². The van der Waals surface area contributed by atoms with E-state index in [1.807, 2.05) is 0 Å².